The summed E-state index contributed by atoms with van der Waals surface area (Å²) in [6.07, 6.45) is 4.80. The van der Waals surface area contributed by atoms with Gasteiger partial charge in [-0.15, -0.1) is 0 Å². The van der Waals surface area contributed by atoms with Gasteiger partial charge in [-0.1, -0.05) is 18.9 Å². The maximum absolute atomic E-state index is 2.53. The molecular weight excluding hydrogens is 168 g/mol. The second kappa shape index (κ2) is 5.10. The van der Waals surface area contributed by atoms with E-state index in [1.165, 1.54) is 32.5 Å². The van der Waals surface area contributed by atoms with Gasteiger partial charge in [-0.05, 0) is 32.7 Å². The molecule has 1 saturated heterocycles. The zero-order valence-corrected chi connectivity index (χ0v) is 9.23. The molecule has 1 heterocycles. The minimum atomic E-state index is 0.796. The molecule has 0 aromatic carbocycles. The summed E-state index contributed by atoms with van der Waals surface area (Å²) < 4.78 is 2.53. The Kier molecular flexibility index (Phi) is 4.40. The first-order valence-electron chi connectivity index (χ1n) is 4.77. The molecule has 1 fully saturated rings. The molecule has 12 heavy (non-hydrogen) atoms. The maximum atomic E-state index is 2.53. The Bertz CT molecular complexity index is 128. The second-order valence-electron chi connectivity index (χ2n) is 3.53. The average molecular weight is 188 g/mol. The van der Waals surface area contributed by atoms with Crippen molar-refractivity contribution in [3.8, 4) is 0 Å². The summed E-state index contributed by atoms with van der Waals surface area (Å²) in [6, 6.07) is 0.796. The van der Waals surface area contributed by atoms with Crippen LogP contribution in [-0.4, -0.2) is 48.2 Å². The van der Waals surface area contributed by atoms with Crippen LogP contribution >= 0.6 is 11.9 Å². The van der Waals surface area contributed by atoms with Gasteiger partial charge in [0.25, 0.3) is 0 Å². The number of nitrogens with zero attached hydrogens (tertiary/aromatic N) is 2. The first-order chi connectivity index (χ1) is 5.77. The van der Waals surface area contributed by atoms with E-state index in [1.54, 1.807) is 0 Å². The average Bonchev–Trinajstić information content (AvgIpc) is 2.47. The molecule has 0 N–H and O–H groups in total. The third-order valence-electron chi connectivity index (χ3n) is 2.45. The maximum Gasteiger partial charge on any atom is 0.0341 e. The minimum absolute atomic E-state index is 0.796. The second-order valence-corrected chi connectivity index (χ2v) is 4.36. The molecule has 0 bridgehead atoms. The molecule has 1 aliphatic heterocycles. The van der Waals surface area contributed by atoms with Gasteiger partial charge >= 0.3 is 0 Å². The Hall–Kier alpha value is 0.270. The standard InChI is InChI=1S/C9H20N2S/c1-4-6-11(12-3)9-5-7-10(2)8-9/h9H,4-8H2,1-3H3. The topological polar surface area (TPSA) is 6.48 Å². The van der Waals surface area contributed by atoms with Crippen molar-refractivity contribution in [1.82, 2.24) is 9.21 Å². The molecule has 0 radical (unpaired) electrons. The van der Waals surface area contributed by atoms with E-state index in [9.17, 15) is 0 Å². The highest BCUT2D eigenvalue weighted by Gasteiger charge is 2.24. The van der Waals surface area contributed by atoms with E-state index < -0.39 is 0 Å². The highest BCUT2D eigenvalue weighted by atomic mass is 32.2. The number of likely N-dealkylation sites (N-methyl/N-ethyl adjacent to an activating group) is 1. The summed E-state index contributed by atoms with van der Waals surface area (Å²) in [6.45, 7) is 6.01. The van der Waals surface area contributed by atoms with E-state index in [0.717, 1.165) is 6.04 Å². The van der Waals surface area contributed by atoms with Crippen LogP contribution in [-0.2, 0) is 0 Å². The van der Waals surface area contributed by atoms with E-state index >= 15 is 0 Å². The molecule has 0 amide bonds. The van der Waals surface area contributed by atoms with Gasteiger partial charge in [0.2, 0.25) is 0 Å². The lowest BCUT2D eigenvalue weighted by molar-refractivity contribution is 0.334. The third kappa shape index (κ3) is 2.64. The van der Waals surface area contributed by atoms with Gasteiger partial charge in [-0.3, -0.25) is 0 Å². The predicted octanol–water partition coefficient (Wildman–Crippen LogP) is 1.68. The van der Waals surface area contributed by atoms with Crippen LogP contribution in [0.2, 0.25) is 0 Å². The quantitative estimate of drug-likeness (QED) is 0.620. The van der Waals surface area contributed by atoms with E-state index in [2.05, 4.69) is 29.4 Å². The molecular formula is C9H20N2S. The summed E-state index contributed by atoms with van der Waals surface area (Å²) in [7, 11) is 2.21. The fourth-order valence-electron chi connectivity index (χ4n) is 1.79. The summed E-state index contributed by atoms with van der Waals surface area (Å²) in [5, 5.41) is 0. The SMILES string of the molecule is CCCN(SC)C1CCN(C)C1. The first kappa shape index (κ1) is 10.4. The zero-order valence-electron chi connectivity index (χ0n) is 8.42. The van der Waals surface area contributed by atoms with Crippen LogP contribution in [0.1, 0.15) is 19.8 Å². The summed E-state index contributed by atoms with van der Waals surface area (Å²) in [5.74, 6) is 0. The lowest BCUT2D eigenvalue weighted by Gasteiger charge is -2.25. The molecule has 0 spiro atoms. The van der Waals surface area contributed by atoms with Gasteiger partial charge in [0.15, 0.2) is 0 Å². The van der Waals surface area contributed by atoms with E-state index in [1.807, 2.05) is 11.9 Å². The van der Waals surface area contributed by atoms with Crippen molar-refractivity contribution < 1.29 is 0 Å². The number of hydrogen-bond donors (Lipinski definition) is 0. The molecule has 0 aliphatic carbocycles. The summed E-state index contributed by atoms with van der Waals surface area (Å²) in [5.41, 5.74) is 0. The largest absolute Gasteiger partial charge is 0.305 e. The monoisotopic (exact) mass is 188 g/mol. The summed E-state index contributed by atoms with van der Waals surface area (Å²) >= 11 is 1.90. The minimum Gasteiger partial charge on any atom is -0.305 e. The summed E-state index contributed by atoms with van der Waals surface area (Å²) in [4.78, 5) is 2.42. The van der Waals surface area contributed by atoms with E-state index in [0.29, 0.717) is 0 Å². The van der Waals surface area contributed by atoms with Crippen LogP contribution in [0.25, 0.3) is 0 Å². The third-order valence-corrected chi connectivity index (χ3v) is 3.40. The van der Waals surface area contributed by atoms with Crippen LogP contribution in [0.5, 0.6) is 0 Å². The predicted molar refractivity (Wildman–Crippen MR) is 56.4 cm³/mol. The lowest BCUT2D eigenvalue weighted by Crippen LogP contribution is -2.32. The first-order valence-corrected chi connectivity index (χ1v) is 5.95. The molecule has 1 atom stereocenters. The zero-order chi connectivity index (χ0) is 8.97. The molecule has 3 heteroatoms. The van der Waals surface area contributed by atoms with E-state index in [-0.39, 0.29) is 0 Å². The van der Waals surface area contributed by atoms with Gasteiger partial charge < -0.3 is 4.90 Å². The van der Waals surface area contributed by atoms with Gasteiger partial charge in [0.1, 0.15) is 0 Å². The van der Waals surface area contributed by atoms with E-state index in [4.69, 9.17) is 0 Å². The van der Waals surface area contributed by atoms with Crippen molar-refractivity contribution in [2.75, 3.05) is 32.9 Å². The Morgan fingerprint density at radius 3 is 2.75 bits per heavy atom. The van der Waals surface area contributed by atoms with Crippen molar-refractivity contribution in [3.05, 3.63) is 0 Å². The number of rotatable bonds is 4. The molecule has 1 unspecified atom stereocenters. The van der Waals surface area contributed by atoms with Crippen LogP contribution in [0.4, 0.5) is 0 Å². The van der Waals surface area contributed by atoms with Gasteiger partial charge in [0.05, 0.1) is 0 Å². The highest BCUT2D eigenvalue weighted by molar-refractivity contribution is 7.96. The van der Waals surface area contributed by atoms with Crippen LogP contribution in [0, 0.1) is 0 Å². The Balaban J connectivity index is 2.33. The number of hydrogen-bond acceptors (Lipinski definition) is 3. The fraction of sp³-hybridized carbons (Fsp3) is 1.00. The van der Waals surface area contributed by atoms with Crippen molar-refractivity contribution >= 4 is 11.9 Å². The number of likely N-dealkylation sites (tertiary alicyclic amines) is 1. The lowest BCUT2D eigenvalue weighted by atomic mass is 10.2. The molecule has 2 nitrogen and oxygen atoms in total. The van der Waals surface area contributed by atoms with Crippen molar-refractivity contribution in [3.63, 3.8) is 0 Å². The van der Waals surface area contributed by atoms with Gasteiger partial charge in [0, 0.05) is 19.1 Å². The molecule has 0 saturated carbocycles. The van der Waals surface area contributed by atoms with Crippen LogP contribution in [0.15, 0.2) is 0 Å². The van der Waals surface area contributed by atoms with Gasteiger partial charge in [-0.25, -0.2) is 4.31 Å². The molecule has 0 aromatic rings. The normalized spacial score (nSPS) is 25.5. The Morgan fingerprint density at radius 1 is 1.58 bits per heavy atom. The molecule has 72 valence electrons. The Morgan fingerprint density at radius 2 is 2.33 bits per heavy atom. The smallest absolute Gasteiger partial charge is 0.0341 e. The molecule has 0 aromatic heterocycles. The molecule has 1 aliphatic rings. The van der Waals surface area contributed by atoms with Crippen LogP contribution < -0.4 is 0 Å². The van der Waals surface area contributed by atoms with Crippen molar-refractivity contribution in [2.45, 2.75) is 25.8 Å². The highest BCUT2D eigenvalue weighted by Crippen LogP contribution is 2.19. The molecule has 1 rings (SSSR count). The van der Waals surface area contributed by atoms with Gasteiger partial charge in [-0.2, -0.15) is 0 Å². The van der Waals surface area contributed by atoms with Crippen LogP contribution in [0.3, 0.4) is 0 Å². The van der Waals surface area contributed by atoms with Crippen molar-refractivity contribution in [2.24, 2.45) is 0 Å². The fourth-order valence-corrected chi connectivity index (χ4v) is 2.63. The van der Waals surface area contributed by atoms with Crippen molar-refractivity contribution in [1.29, 1.82) is 0 Å². The Labute approximate surface area is 80.4 Å².